The van der Waals surface area contributed by atoms with E-state index in [2.05, 4.69) is 18.0 Å². The number of nitriles is 1. The van der Waals surface area contributed by atoms with Crippen LogP contribution in [0, 0.1) is 11.3 Å². The predicted molar refractivity (Wildman–Crippen MR) is 53.5 cm³/mol. The van der Waals surface area contributed by atoms with Crippen molar-refractivity contribution in [3.63, 3.8) is 0 Å². The minimum absolute atomic E-state index is 0.108. The summed E-state index contributed by atoms with van der Waals surface area (Å²) in [6.45, 7) is 4.02. The summed E-state index contributed by atoms with van der Waals surface area (Å²) in [6.07, 6.45) is 0.399. The molecule has 2 atom stereocenters. The minimum atomic E-state index is 0.108. The SMILES string of the molecule is CC(N)C(C)c1csc(CC#N)n1. The van der Waals surface area contributed by atoms with E-state index in [4.69, 9.17) is 11.0 Å². The Kier molecular flexibility index (Phi) is 3.40. The van der Waals surface area contributed by atoms with Crippen molar-refractivity contribution in [2.24, 2.45) is 5.73 Å². The second kappa shape index (κ2) is 4.35. The summed E-state index contributed by atoms with van der Waals surface area (Å²) >= 11 is 1.53. The van der Waals surface area contributed by atoms with E-state index >= 15 is 0 Å². The molecule has 0 radical (unpaired) electrons. The van der Waals surface area contributed by atoms with Crippen molar-refractivity contribution in [1.82, 2.24) is 4.98 Å². The molecule has 0 fully saturated rings. The molecular weight excluding hydrogens is 182 g/mol. The van der Waals surface area contributed by atoms with Gasteiger partial charge in [-0.2, -0.15) is 5.26 Å². The minimum Gasteiger partial charge on any atom is -0.327 e. The van der Waals surface area contributed by atoms with Crippen LogP contribution in [0.1, 0.15) is 30.5 Å². The maximum absolute atomic E-state index is 8.47. The normalized spacial score (nSPS) is 14.9. The highest BCUT2D eigenvalue weighted by Gasteiger charge is 2.13. The average Bonchev–Trinajstić information content (AvgIpc) is 2.52. The molecule has 0 spiro atoms. The summed E-state index contributed by atoms with van der Waals surface area (Å²) in [5.74, 6) is 0.267. The molecule has 1 heterocycles. The molecule has 13 heavy (non-hydrogen) atoms. The summed E-state index contributed by atoms with van der Waals surface area (Å²) in [4.78, 5) is 4.34. The Morgan fingerprint density at radius 1 is 1.69 bits per heavy atom. The van der Waals surface area contributed by atoms with Gasteiger partial charge < -0.3 is 5.73 Å². The summed E-state index contributed by atoms with van der Waals surface area (Å²) in [5.41, 5.74) is 6.76. The van der Waals surface area contributed by atoms with Crippen LogP contribution in [-0.4, -0.2) is 11.0 Å². The van der Waals surface area contributed by atoms with Crippen LogP contribution in [0.2, 0.25) is 0 Å². The maximum Gasteiger partial charge on any atom is 0.107 e. The lowest BCUT2D eigenvalue weighted by atomic mass is 10.0. The molecule has 0 saturated carbocycles. The molecule has 1 aromatic heterocycles. The molecule has 0 aromatic carbocycles. The number of hydrogen-bond acceptors (Lipinski definition) is 4. The molecule has 0 aliphatic rings. The van der Waals surface area contributed by atoms with E-state index in [0.29, 0.717) is 6.42 Å². The van der Waals surface area contributed by atoms with Crippen LogP contribution in [0.25, 0.3) is 0 Å². The highest BCUT2D eigenvalue weighted by Crippen LogP contribution is 2.20. The van der Waals surface area contributed by atoms with Crippen LogP contribution < -0.4 is 5.73 Å². The first-order valence-corrected chi connectivity index (χ1v) is 5.10. The monoisotopic (exact) mass is 195 g/mol. The smallest absolute Gasteiger partial charge is 0.107 e. The van der Waals surface area contributed by atoms with E-state index < -0.39 is 0 Å². The molecule has 0 amide bonds. The Labute approximate surface area is 82.2 Å². The third-order valence-corrected chi connectivity index (χ3v) is 2.92. The van der Waals surface area contributed by atoms with Gasteiger partial charge >= 0.3 is 0 Å². The van der Waals surface area contributed by atoms with Crippen molar-refractivity contribution in [3.05, 3.63) is 16.1 Å². The zero-order valence-corrected chi connectivity index (χ0v) is 8.64. The number of aromatic nitrogens is 1. The fourth-order valence-electron chi connectivity index (χ4n) is 0.952. The summed E-state index contributed by atoms with van der Waals surface area (Å²) in [5, 5.41) is 11.3. The molecular formula is C9H13N3S. The highest BCUT2D eigenvalue weighted by atomic mass is 32.1. The second-order valence-corrected chi connectivity index (χ2v) is 4.09. The first-order valence-electron chi connectivity index (χ1n) is 4.22. The third-order valence-electron chi connectivity index (χ3n) is 2.05. The van der Waals surface area contributed by atoms with Crippen molar-refractivity contribution in [2.45, 2.75) is 32.2 Å². The fraction of sp³-hybridized carbons (Fsp3) is 0.556. The van der Waals surface area contributed by atoms with Gasteiger partial charge in [0.1, 0.15) is 5.01 Å². The van der Waals surface area contributed by atoms with E-state index in [1.165, 1.54) is 11.3 Å². The molecule has 70 valence electrons. The van der Waals surface area contributed by atoms with Gasteiger partial charge in [0, 0.05) is 17.3 Å². The largest absolute Gasteiger partial charge is 0.327 e. The molecule has 4 heteroatoms. The Morgan fingerprint density at radius 3 is 2.92 bits per heavy atom. The van der Waals surface area contributed by atoms with Gasteiger partial charge in [0.15, 0.2) is 0 Å². The van der Waals surface area contributed by atoms with Gasteiger partial charge in [-0.1, -0.05) is 6.92 Å². The van der Waals surface area contributed by atoms with Crippen molar-refractivity contribution in [1.29, 1.82) is 5.26 Å². The van der Waals surface area contributed by atoms with Crippen molar-refractivity contribution in [3.8, 4) is 6.07 Å². The summed E-state index contributed by atoms with van der Waals surface area (Å²) in [6, 6.07) is 2.19. The number of nitrogens with zero attached hydrogens (tertiary/aromatic N) is 2. The van der Waals surface area contributed by atoms with Gasteiger partial charge in [0.25, 0.3) is 0 Å². The standard InChI is InChI=1S/C9H13N3S/c1-6(7(2)11)8-5-13-9(12-8)3-4-10/h5-7H,3,11H2,1-2H3. The van der Waals surface area contributed by atoms with E-state index in [9.17, 15) is 0 Å². The van der Waals surface area contributed by atoms with Crippen LogP contribution in [0.4, 0.5) is 0 Å². The molecule has 0 bridgehead atoms. The second-order valence-electron chi connectivity index (χ2n) is 3.15. The maximum atomic E-state index is 8.47. The quantitative estimate of drug-likeness (QED) is 0.797. The van der Waals surface area contributed by atoms with Crippen molar-refractivity contribution in [2.75, 3.05) is 0 Å². The Bertz CT molecular complexity index is 311. The van der Waals surface area contributed by atoms with Gasteiger partial charge in [-0.05, 0) is 6.92 Å². The molecule has 1 rings (SSSR count). The Balaban J connectivity index is 2.74. The lowest BCUT2D eigenvalue weighted by molar-refractivity contribution is 0.600. The zero-order valence-electron chi connectivity index (χ0n) is 7.82. The van der Waals surface area contributed by atoms with E-state index in [1.54, 1.807) is 0 Å². The number of rotatable bonds is 3. The van der Waals surface area contributed by atoms with Gasteiger partial charge in [-0.25, -0.2) is 4.98 Å². The highest BCUT2D eigenvalue weighted by molar-refractivity contribution is 7.09. The van der Waals surface area contributed by atoms with Crippen LogP contribution in [0.3, 0.4) is 0 Å². The lowest BCUT2D eigenvalue weighted by Crippen LogP contribution is -2.22. The molecule has 0 aliphatic heterocycles. The average molecular weight is 195 g/mol. The molecule has 2 unspecified atom stereocenters. The number of hydrogen-bond donors (Lipinski definition) is 1. The Hall–Kier alpha value is -0.920. The van der Waals surface area contributed by atoms with Gasteiger partial charge in [-0.3, -0.25) is 0 Å². The first kappa shape index (κ1) is 10.2. The van der Waals surface area contributed by atoms with Gasteiger partial charge in [0.05, 0.1) is 18.2 Å². The summed E-state index contributed by atoms with van der Waals surface area (Å²) < 4.78 is 0. The molecule has 0 saturated heterocycles. The molecule has 3 nitrogen and oxygen atoms in total. The third kappa shape index (κ3) is 2.51. The van der Waals surface area contributed by atoms with E-state index in [-0.39, 0.29) is 12.0 Å². The predicted octanol–water partition coefficient (Wildman–Crippen LogP) is 1.66. The molecule has 0 aliphatic carbocycles. The zero-order chi connectivity index (χ0) is 9.84. The lowest BCUT2D eigenvalue weighted by Gasteiger charge is -2.11. The summed E-state index contributed by atoms with van der Waals surface area (Å²) in [7, 11) is 0. The van der Waals surface area contributed by atoms with Crippen molar-refractivity contribution >= 4 is 11.3 Å². The van der Waals surface area contributed by atoms with E-state index in [1.807, 2.05) is 12.3 Å². The van der Waals surface area contributed by atoms with Gasteiger partial charge in [0.2, 0.25) is 0 Å². The van der Waals surface area contributed by atoms with Crippen LogP contribution in [0.15, 0.2) is 5.38 Å². The number of nitrogens with two attached hydrogens (primary N) is 1. The van der Waals surface area contributed by atoms with E-state index in [0.717, 1.165) is 10.7 Å². The topological polar surface area (TPSA) is 62.7 Å². The Morgan fingerprint density at radius 2 is 2.38 bits per heavy atom. The molecule has 2 N–H and O–H groups in total. The van der Waals surface area contributed by atoms with Crippen LogP contribution >= 0.6 is 11.3 Å². The van der Waals surface area contributed by atoms with Gasteiger partial charge in [-0.15, -0.1) is 11.3 Å². The fourth-order valence-corrected chi connectivity index (χ4v) is 1.78. The van der Waals surface area contributed by atoms with Crippen LogP contribution in [-0.2, 0) is 6.42 Å². The van der Waals surface area contributed by atoms with Crippen molar-refractivity contribution < 1.29 is 0 Å². The number of thiazole rings is 1. The first-order chi connectivity index (χ1) is 6.15. The van der Waals surface area contributed by atoms with Crippen LogP contribution in [0.5, 0.6) is 0 Å². The molecule has 1 aromatic rings.